The molecule has 0 aliphatic carbocycles. The zero-order valence-corrected chi connectivity index (χ0v) is 13.8. The summed E-state index contributed by atoms with van der Waals surface area (Å²) in [4.78, 5) is 24.6. The molecule has 0 saturated heterocycles. The lowest BCUT2D eigenvalue weighted by molar-refractivity contribution is -0.134. The summed E-state index contributed by atoms with van der Waals surface area (Å²) in [5, 5.41) is 10.1. The second-order valence-electron chi connectivity index (χ2n) is 6.08. The maximum atomic E-state index is 12.8. The Morgan fingerprint density at radius 3 is 2.45 bits per heavy atom. The number of carboxylic acids is 1. The van der Waals surface area contributed by atoms with E-state index in [1.807, 2.05) is 20.8 Å². The van der Waals surface area contributed by atoms with Crippen molar-refractivity contribution in [1.82, 2.24) is 4.48 Å². The highest BCUT2D eigenvalue weighted by atomic mass is 35.5. The van der Waals surface area contributed by atoms with Crippen LogP contribution < -0.4 is 4.48 Å². The van der Waals surface area contributed by atoms with Crippen LogP contribution in [0.3, 0.4) is 0 Å². The average molecular weight is 325 g/mol. The number of ether oxygens (including phenoxy) is 1. The summed E-state index contributed by atoms with van der Waals surface area (Å²) >= 11 is 6.00. The SMILES string of the molecule is CCOC(=O)[N+]1(C(C)(C)C)C(C(=O)O)=Cc2cc(Cl)ccc21. The fourth-order valence-electron chi connectivity index (χ4n) is 2.94. The monoisotopic (exact) mass is 324 g/mol. The van der Waals surface area contributed by atoms with E-state index in [1.165, 1.54) is 6.08 Å². The molecule has 5 nitrogen and oxygen atoms in total. The van der Waals surface area contributed by atoms with Gasteiger partial charge in [-0.05, 0) is 39.8 Å². The quantitative estimate of drug-likeness (QED) is 0.834. The molecule has 1 aliphatic rings. The third kappa shape index (κ3) is 2.21. The molecule has 0 saturated carbocycles. The van der Waals surface area contributed by atoms with Crippen LogP contribution in [-0.2, 0) is 9.53 Å². The topological polar surface area (TPSA) is 63.6 Å². The first-order valence-electron chi connectivity index (χ1n) is 6.98. The number of nitrogens with zero attached hydrogens (tertiary/aromatic N) is 1. The summed E-state index contributed by atoms with van der Waals surface area (Å²) in [6.07, 6.45) is 0.885. The second-order valence-corrected chi connectivity index (χ2v) is 6.51. The molecule has 118 valence electrons. The molecule has 1 amide bonds. The van der Waals surface area contributed by atoms with E-state index in [4.69, 9.17) is 16.3 Å². The number of carbonyl (C=O) groups is 2. The summed E-state index contributed by atoms with van der Waals surface area (Å²) in [6.45, 7) is 7.30. The third-order valence-electron chi connectivity index (χ3n) is 3.77. The van der Waals surface area contributed by atoms with Crippen molar-refractivity contribution in [2.45, 2.75) is 33.2 Å². The van der Waals surface area contributed by atoms with Crippen molar-refractivity contribution >= 4 is 35.4 Å². The molecule has 2 rings (SSSR count). The summed E-state index contributed by atoms with van der Waals surface area (Å²) in [5.74, 6) is -1.16. The van der Waals surface area contributed by atoms with Gasteiger partial charge in [0.25, 0.3) is 0 Å². The smallest absolute Gasteiger partial charge is 0.474 e. The van der Waals surface area contributed by atoms with Gasteiger partial charge in [-0.25, -0.2) is 4.79 Å². The number of hydrogen-bond donors (Lipinski definition) is 1. The van der Waals surface area contributed by atoms with Gasteiger partial charge in [0.15, 0.2) is 5.69 Å². The third-order valence-corrected chi connectivity index (χ3v) is 4.01. The highest BCUT2D eigenvalue weighted by Crippen LogP contribution is 2.48. The number of amides is 1. The standard InChI is InChI=1S/C16H18ClNO4/c1-5-22-15(21)18(16(2,3)4)12-7-6-11(17)8-10(12)9-13(18)14(19)20/h6-9H,5H2,1-4H3/p+1. The zero-order chi connectivity index (χ0) is 16.7. The van der Waals surface area contributed by atoms with E-state index in [0.717, 1.165) is 0 Å². The largest absolute Gasteiger partial charge is 0.527 e. The minimum absolute atomic E-state index is 0.0387. The molecule has 1 heterocycles. The minimum Gasteiger partial charge on any atom is -0.474 e. The Hall–Kier alpha value is -1.85. The molecule has 0 fully saturated rings. The van der Waals surface area contributed by atoms with Gasteiger partial charge in [-0.15, -0.1) is 4.48 Å². The molecule has 1 aromatic rings. The Kier molecular flexibility index (Phi) is 4.06. The van der Waals surface area contributed by atoms with Crippen LogP contribution in [0.2, 0.25) is 5.02 Å². The Balaban J connectivity index is 2.83. The van der Waals surface area contributed by atoms with Crippen LogP contribution in [0.5, 0.6) is 0 Å². The molecule has 22 heavy (non-hydrogen) atoms. The number of quaternary nitrogens is 1. The molecule has 1 N–H and O–H groups in total. The Morgan fingerprint density at radius 2 is 1.95 bits per heavy atom. The van der Waals surface area contributed by atoms with Gasteiger partial charge in [0.05, 0.1) is 6.61 Å². The first-order chi connectivity index (χ1) is 10.2. The van der Waals surface area contributed by atoms with Crippen molar-refractivity contribution in [1.29, 1.82) is 0 Å². The van der Waals surface area contributed by atoms with Gasteiger partial charge in [0.1, 0.15) is 5.54 Å². The van der Waals surface area contributed by atoms with E-state index in [-0.39, 0.29) is 12.3 Å². The number of hydrogen-bond acceptors (Lipinski definition) is 3. The number of aliphatic carboxylic acids is 1. The number of fused-ring (bicyclic) bond motifs is 1. The molecule has 0 radical (unpaired) electrons. The van der Waals surface area contributed by atoms with E-state index in [0.29, 0.717) is 16.3 Å². The Bertz CT molecular complexity index is 675. The fourth-order valence-corrected chi connectivity index (χ4v) is 3.12. The molecule has 1 atom stereocenters. The molecule has 1 unspecified atom stereocenters. The van der Waals surface area contributed by atoms with Crippen LogP contribution in [-0.4, -0.2) is 29.3 Å². The van der Waals surface area contributed by atoms with Crippen molar-refractivity contribution in [3.05, 3.63) is 34.5 Å². The molecular formula is C16H19ClNO4+. The van der Waals surface area contributed by atoms with Gasteiger partial charge in [-0.3, -0.25) is 0 Å². The van der Waals surface area contributed by atoms with E-state index in [2.05, 4.69) is 0 Å². The summed E-state index contributed by atoms with van der Waals surface area (Å²) in [6, 6.07) is 4.99. The van der Waals surface area contributed by atoms with E-state index in [9.17, 15) is 14.7 Å². The van der Waals surface area contributed by atoms with E-state index >= 15 is 0 Å². The molecule has 1 aliphatic heterocycles. The first-order valence-corrected chi connectivity index (χ1v) is 7.36. The van der Waals surface area contributed by atoms with Gasteiger partial charge in [-0.2, -0.15) is 4.79 Å². The zero-order valence-electron chi connectivity index (χ0n) is 13.0. The predicted octanol–water partition coefficient (Wildman–Crippen LogP) is 4.04. The van der Waals surface area contributed by atoms with E-state index in [1.54, 1.807) is 25.1 Å². The van der Waals surface area contributed by atoms with Crippen molar-refractivity contribution in [2.75, 3.05) is 6.61 Å². The molecule has 1 aromatic carbocycles. The second kappa shape index (κ2) is 5.41. The lowest BCUT2D eigenvalue weighted by Crippen LogP contribution is -2.64. The number of benzene rings is 1. The van der Waals surface area contributed by atoms with Gasteiger partial charge < -0.3 is 9.84 Å². The minimum atomic E-state index is -1.16. The van der Waals surface area contributed by atoms with Crippen LogP contribution in [0.1, 0.15) is 33.3 Å². The summed E-state index contributed by atoms with van der Waals surface area (Å²) in [7, 11) is 0. The molecule has 0 bridgehead atoms. The lowest BCUT2D eigenvalue weighted by Gasteiger charge is -2.41. The predicted molar refractivity (Wildman–Crippen MR) is 85.6 cm³/mol. The number of rotatable bonds is 2. The van der Waals surface area contributed by atoms with E-state index < -0.39 is 22.1 Å². The Morgan fingerprint density at radius 1 is 1.32 bits per heavy atom. The maximum absolute atomic E-state index is 12.8. The summed E-state index contributed by atoms with van der Waals surface area (Å²) < 4.78 is 4.72. The number of carbonyl (C=O) groups excluding carboxylic acids is 1. The molecule has 0 aromatic heterocycles. The highest BCUT2D eigenvalue weighted by molar-refractivity contribution is 6.31. The lowest BCUT2D eigenvalue weighted by atomic mass is 9.99. The summed E-state index contributed by atoms with van der Waals surface area (Å²) in [5.41, 5.74) is 0.402. The van der Waals surface area contributed by atoms with Crippen molar-refractivity contribution in [2.24, 2.45) is 0 Å². The van der Waals surface area contributed by atoms with Gasteiger partial charge in [0, 0.05) is 22.7 Å². The van der Waals surface area contributed by atoms with Crippen molar-refractivity contribution < 1.29 is 19.4 Å². The fraction of sp³-hybridized carbons (Fsp3) is 0.375. The number of halogens is 1. The molecular weight excluding hydrogens is 306 g/mol. The average Bonchev–Trinajstić information content (AvgIpc) is 2.73. The van der Waals surface area contributed by atoms with Crippen molar-refractivity contribution in [3.8, 4) is 0 Å². The van der Waals surface area contributed by atoms with Crippen LogP contribution in [0.4, 0.5) is 10.5 Å². The van der Waals surface area contributed by atoms with Crippen LogP contribution in [0.25, 0.3) is 6.08 Å². The highest BCUT2D eigenvalue weighted by Gasteiger charge is 2.60. The maximum Gasteiger partial charge on any atom is 0.527 e. The van der Waals surface area contributed by atoms with Gasteiger partial charge >= 0.3 is 12.1 Å². The Labute approximate surface area is 134 Å². The van der Waals surface area contributed by atoms with Crippen LogP contribution in [0.15, 0.2) is 23.9 Å². The van der Waals surface area contributed by atoms with Crippen LogP contribution in [0, 0.1) is 0 Å². The van der Waals surface area contributed by atoms with Gasteiger partial charge in [0.2, 0.25) is 5.70 Å². The molecule has 0 spiro atoms. The van der Waals surface area contributed by atoms with Gasteiger partial charge in [-0.1, -0.05) is 11.6 Å². The number of carboxylic acid groups (broad SMARTS) is 1. The van der Waals surface area contributed by atoms with Crippen molar-refractivity contribution in [3.63, 3.8) is 0 Å². The first kappa shape index (κ1) is 16.5. The normalized spacial score (nSPS) is 20.3. The molecule has 6 heteroatoms. The van der Waals surface area contributed by atoms with Crippen LogP contribution >= 0.6 is 11.6 Å².